The van der Waals surface area contributed by atoms with Gasteiger partial charge in [-0.2, -0.15) is 0 Å². The smallest absolute Gasteiger partial charge is 0.179 e. The fourth-order valence-electron chi connectivity index (χ4n) is 2.00. The lowest BCUT2D eigenvalue weighted by Crippen LogP contribution is -2.20. The summed E-state index contributed by atoms with van der Waals surface area (Å²) in [7, 11) is 0. The number of hydrogen-bond donors (Lipinski definition) is 1. The summed E-state index contributed by atoms with van der Waals surface area (Å²) in [5, 5.41) is 4.56. The van der Waals surface area contributed by atoms with Gasteiger partial charge in [0, 0.05) is 18.5 Å². The zero-order valence-electron chi connectivity index (χ0n) is 9.69. The Kier molecular flexibility index (Phi) is 3.01. The van der Waals surface area contributed by atoms with Crippen LogP contribution in [0.3, 0.4) is 0 Å². The molecule has 0 saturated carbocycles. The Hall–Kier alpha value is -1.46. The molecule has 3 rings (SSSR count). The number of nitrogens with zero attached hydrogens (tertiary/aromatic N) is 1. The number of nitrogens with two attached hydrogens (primary N) is 1. The number of ether oxygens (including phenoxy) is 2. The van der Waals surface area contributed by atoms with Gasteiger partial charge in [0.25, 0.3) is 0 Å². The number of oxime groups is 1. The van der Waals surface area contributed by atoms with Crippen LogP contribution in [0.25, 0.3) is 0 Å². The number of fused-ring (bicyclic) bond motifs is 1. The molecule has 0 fully saturated rings. The molecule has 0 saturated heterocycles. The van der Waals surface area contributed by atoms with Crippen LogP contribution in [-0.4, -0.2) is 31.6 Å². The molecule has 2 aliphatic heterocycles. The number of benzene rings is 1. The summed E-state index contributed by atoms with van der Waals surface area (Å²) in [6.45, 7) is 1.50. The van der Waals surface area contributed by atoms with Gasteiger partial charge in [0.1, 0.15) is 19.3 Å². The lowest BCUT2D eigenvalue weighted by atomic mass is 10.0. The van der Waals surface area contributed by atoms with Gasteiger partial charge in [0.15, 0.2) is 11.5 Å². The van der Waals surface area contributed by atoms with Crippen molar-refractivity contribution < 1.29 is 14.3 Å². The Balaban J connectivity index is 1.92. The Labute approximate surface area is 109 Å². The van der Waals surface area contributed by atoms with Crippen molar-refractivity contribution in [3.05, 3.63) is 22.7 Å². The summed E-state index contributed by atoms with van der Waals surface area (Å²) in [4.78, 5) is 5.20. The molecule has 0 spiro atoms. The molecule has 5 nitrogen and oxygen atoms in total. The van der Waals surface area contributed by atoms with E-state index in [4.69, 9.17) is 31.6 Å². The third-order valence-corrected chi connectivity index (χ3v) is 3.21. The van der Waals surface area contributed by atoms with Gasteiger partial charge in [-0.15, -0.1) is 0 Å². The predicted octanol–water partition coefficient (Wildman–Crippen LogP) is 1.56. The molecule has 1 unspecified atom stereocenters. The summed E-state index contributed by atoms with van der Waals surface area (Å²) in [6, 6.07) is 3.69. The van der Waals surface area contributed by atoms with E-state index in [0.29, 0.717) is 42.7 Å². The van der Waals surface area contributed by atoms with E-state index in [9.17, 15) is 0 Å². The Morgan fingerprint density at radius 2 is 2.17 bits per heavy atom. The topological polar surface area (TPSA) is 66.1 Å². The third-order valence-electron chi connectivity index (χ3n) is 2.93. The quantitative estimate of drug-likeness (QED) is 0.884. The second-order valence-electron chi connectivity index (χ2n) is 4.19. The van der Waals surface area contributed by atoms with Crippen molar-refractivity contribution in [3.63, 3.8) is 0 Å². The van der Waals surface area contributed by atoms with Gasteiger partial charge in [-0.3, -0.25) is 0 Å². The zero-order chi connectivity index (χ0) is 12.5. The molecule has 96 valence electrons. The molecule has 2 heterocycles. The summed E-state index contributed by atoms with van der Waals surface area (Å²) < 4.78 is 11.0. The van der Waals surface area contributed by atoms with E-state index in [1.807, 2.05) is 12.1 Å². The fourth-order valence-corrected chi connectivity index (χ4v) is 2.27. The van der Waals surface area contributed by atoms with Gasteiger partial charge in [0.2, 0.25) is 0 Å². The molecule has 0 amide bonds. The van der Waals surface area contributed by atoms with E-state index in [1.165, 1.54) is 0 Å². The highest BCUT2D eigenvalue weighted by Gasteiger charge is 2.24. The van der Waals surface area contributed by atoms with Crippen molar-refractivity contribution in [3.8, 4) is 11.5 Å². The zero-order valence-corrected chi connectivity index (χ0v) is 10.4. The second kappa shape index (κ2) is 4.66. The van der Waals surface area contributed by atoms with Crippen LogP contribution in [0.2, 0.25) is 5.02 Å². The molecule has 1 aromatic carbocycles. The Morgan fingerprint density at radius 3 is 2.94 bits per heavy atom. The number of rotatable bonds is 2. The first-order chi connectivity index (χ1) is 8.78. The molecule has 6 heteroatoms. The van der Waals surface area contributed by atoms with Crippen molar-refractivity contribution in [2.24, 2.45) is 10.9 Å². The molecule has 0 aliphatic carbocycles. The summed E-state index contributed by atoms with van der Waals surface area (Å²) in [5.74, 6) is 1.25. The van der Waals surface area contributed by atoms with E-state index in [-0.39, 0.29) is 6.10 Å². The van der Waals surface area contributed by atoms with E-state index in [1.54, 1.807) is 0 Å². The lowest BCUT2D eigenvalue weighted by Gasteiger charge is -2.20. The molecule has 18 heavy (non-hydrogen) atoms. The SMILES string of the molecule is NCC1CC(c2cc(Cl)c3c(c2)OCCO3)=NO1. The van der Waals surface area contributed by atoms with Gasteiger partial charge in [-0.05, 0) is 12.1 Å². The molecule has 0 aromatic heterocycles. The lowest BCUT2D eigenvalue weighted by molar-refractivity contribution is 0.0918. The van der Waals surface area contributed by atoms with Crippen LogP contribution < -0.4 is 15.2 Å². The van der Waals surface area contributed by atoms with Crippen LogP contribution in [0.1, 0.15) is 12.0 Å². The highest BCUT2D eigenvalue weighted by Crippen LogP contribution is 2.39. The van der Waals surface area contributed by atoms with Gasteiger partial charge in [-0.25, -0.2) is 0 Å². The first-order valence-electron chi connectivity index (χ1n) is 5.80. The minimum atomic E-state index is -0.0491. The van der Waals surface area contributed by atoms with Crippen LogP contribution in [0.5, 0.6) is 11.5 Å². The Bertz CT molecular complexity index is 504. The molecule has 1 aromatic rings. The van der Waals surface area contributed by atoms with E-state index in [0.717, 1.165) is 11.3 Å². The van der Waals surface area contributed by atoms with Gasteiger partial charge >= 0.3 is 0 Å². The predicted molar refractivity (Wildman–Crippen MR) is 67.5 cm³/mol. The van der Waals surface area contributed by atoms with Crippen molar-refractivity contribution in [2.45, 2.75) is 12.5 Å². The van der Waals surface area contributed by atoms with Crippen LogP contribution in [0, 0.1) is 0 Å². The normalized spacial score (nSPS) is 21.4. The second-order valence-corrected chi connectivity index (χ2v) is 4.59. The van der Waals surface area contributed by atoms with Crippen molar-refractivity contribution in [1.29, 1.82) is 0 Å². The van der Waals surface area contributed by atoms with Crippen LogP contribution in [0.4, 0.5) is 0 Å². The maximum absolute atomic E-state index is 6.17. The third kappa shape index (κ3) is 2.00. The summed E-state index contributed by atoms with van der Waals surface area (Å²) >= 11 is 6.17. The minimum Gasteiger partial charge on any atom is -0.486 e. The van der Waals surface area contributed by atoms with E-state index < -0.39 is 0 Å². The largest absolute Gasteiger partial charge is 0.486 e. The minimum absolute atomic E-state index is 0.0491. The molecule has 2 N–H and O–H groups in total. The Morgan fingerprint density at radius 1 is 1.33 bits per heavy atom. The molecular formula is C12H13ClN2O3. The van der Waals surface area contributed by atoms with Crippen molar-refractivity contribution >= 4 is 17.3 Å². The monoisotopic (exact) mass is 268 g/mol. The highest BCUT2D eigenvalue weighted by molar-refractivity contribution is 6.32. The maximum atomic E-state index is 6.17. The average Bonchev–Trinajstić information content (AvgIpc) is 2.87. The van der Waals surface area contributed by atoms with Gasteiger partial charge in [0.05, 0.1) is 10.7 Å². The maximum Gasteiger partial charge on any atom is 0.179 e. The van der Waals surface area contributed by atoms with Gasteiger partial charge < -0.3 is 20.0 Å². The standard InChI is InChI=1S/C12H13ClN2O3/c13-9-3-7(10-5-8(6-14)18-15-10)4-11-12(9)17-2-1-16-11/h3-4,8H,1-2,5-6,14H2. The number of halogens is 1. The van der Waals surface area contributed by atoms with Crippen molar-refractivity contribution in [2.75, 3.05) is 19.8 Å². The first-order valence-corrected chi connectivity index (χ1v) is 6.18. The average molecular weight is 269 g/mol. The molecule has 2 aliphatic rings. The van der Waals surface area contributed by atoms with E-state index in [2.05, 4.69) is 5.16 Å². The van der Waals surface area contributed by atoms with Crippen molar-refractivity contribution in [1.82, 2.24) is 0 Å². The molecule has 1 atom stereocenters. The molecule has 0 radical (unpaired) electrons. The van der Waals surface area contributed by atoms with Crippen LogP contribution in [-0.2, 0) is 4.84 Å². The van der Waals surface area contributed by atoms with Crippen LogP contribution >= 0.6 is 11.6 Å². The van der Waals surface area contributed by atoms with E-state index >= 15 is 0 Å². The first kappa shape index (κ1) is 11.6. The molecule has 0 bridgehead atoms. The number of hydrogen-bond acceptors (Lipinski definition) is 5. The van der Waals surface area contributed by atoms with Crippen LogP contribution in [0.15, 0.2) is 17.3 Å². The molecular weight excluding hydrogens is 256 g/mol. The summed E-state index contributed by atoms with van der Waals surface area (Å²) in [5.41, 5.74) is 7.27. The fraction of sp³-hybridized carbons (Fsp3) is 0.417. The highest BCUT2D eigenvalue weighted by atomic mass is 35.5. The van der Waals surface area contributed by atoms with Gasteiger partial charge in [-0.1, -0.05) is 16.8 Å². The summed E-state index contributed by atoms with van der Waals surface area (Å²) in [6.07, 6.45) is 0.638.